The van der Waals surface area contributed by atoms with E-state index in [1.54, 1.807) is 0 Å². The lowest BCUT2D eigenvalue weighted by atomic mass is 10.1. The number of hydrogen-bond acceptors (Lipinski definition) is 3. The van der Waals surface area contributed by atoms with Crippen molar-refractivity contribution < 1.29 is 9.59 Å². The zero-order chi connectivity index (χ0) is 16.7. The monoisotopic (exact) mass is 317 g/mol. The molecular formula is C18H27N3O2. The van der Waals surface area contributed by atoms with E-state index in [9.17, 15) is 9.59 Å². The molecule has 1 heterocycles. The van der Waals surface area contributed by atoms with Gasteiger partial charge >= 0.3 is 0 Å². The van der Waals surface area contributed by atoms with E-state index in [-0.39, 0.29) is 17.9 Å². The minimum atomic E-state index is -0.247. The summed E-state index contributed by atoms with van der Waals surface area (Å²) in [6.45, 7) is 3.70. The molecule has 0 aliphatic carbocycles. The number of carbonyl (C=O) groups is 2. The molecule has 0 radical (unpaired) electrons. The molecule has 1 atom stereocenters. The molecule has 2 rings (SSSR count). The Kier molecular flexibility index (Phi) is 6.59. The summed E-state index contributed by atoms with van der Waals surface area (Å²) in [7, 11) is 0. The van der Waals surface area contributed by atoms with Crippen LogP contribution in [-0.2, 0) is 16.1 Å². The van der Waals surface area contributed by atoms with Gasteiger partial charge in [-0.2, -0.15) is 0 Å². The first kappa shape index (κ1) is 17.5. The SMILES string of the molecule is CCCCCC(=O)Nc1cccc(CN2CCC[C@@H]2C(N)=O)c1. The standard InChI is InChI=1S/C18H27N3O2/c1-2-3-4-10-17(22)20-15-8-5-7-14(12-15)13-21-11-6-9-16(21)18(19)23/h5,7-8,12,16H,2-4,6,9-11,13H2,1H3,(H2,19,23)(H,20,22)/t16-/m1/s1. The highest BCUT2D eigenvalue weighted by molar-refractivity contribution is 5.90. The Morgan fingerprint density at radius 1 is 1.35 bits per heavy atom. The molecule has 23 heavy (non-hydrogen) atoms. The van der Waals surface area contributed by atoms with E-state index >= 15 is 0 Å². The second-order valence-electron chi connectivity index (χ2n) is 6.24. The van der Waals surface area contributed by atoms with Crippen molar-refractivity contribution >= 4 is 17.5 Å². The predicted molar refractivity (Wildman–Crippen MR) is 91.8 cm³/mol. The van der Waals surface area contributed by atoms with Gasteiger partial charge in [0.05, 0.1) is 6.04 Å². The second kappa shape index (κ2) is 8.67. The fourth-order valence-electron chi connectivity index (χ4n) is 3.08. The first-order chi connectivity index (χ1) is 11.1. The Hall–Kier alpha value is -1.88. The average Bonchev–Trinajstić information content (AvgIpc) is 2.96. The van der Waals surface area contributed by atoms with Gasteiger partial charge < -0.3 is 11.1 Å². The van der Waals surface area contributed by atoms with Crippen molar-refractivity contribution in [3.05, 3.63) is 29.8 Å². The van der Waals surface area contributed by atoms with Gasteiger partial charge in [0.15, 0.2) is 0 Å². The largest absolute Gasteiger partial charge is 0.368 e. The van der Waals surface area contributed by atoms with E-state index in [0.717, 1.165) is 49.9 Å². The maximum Gasteiger partial charge on any atom is 0.234 e. The number of nitrogens with two attached hydrogens (primary N) is 1. The van der Waals surface area contributed by atoms with Gasteiger partial charge in [-0.05, 0) is 43.5 Å². The van der Waals surface area contributed by atoms with E-state index in [1.807, 2.05) is 24.3 Å². The molecule has 0 bridgehead atoms. The van der Waals surface area contributed by atoms with Gasteiger partial charge in [0.2, 0.25) is 11.8 Å². The number of likely N-dealkylation sites (tertiary alicyclic amines) is 1. The van der Waals surface area contributed by atoms with Gasteiger partial charge in [-0.25, -0.2) is 0 Å². The summed E-state index contributed by atoms with van der Waals surface area (Å²) in [4.78, 5) is 25.5. The van der Waals surface area contributed by atoms with Crippen LogP contribution in [0.2, 0.25) is 0 Å². The summed E-state index contributed by atoms with van der Waals surface area (Å²) in [5.74, 6) is -0.185. The van der Waals surface area contributed by atoms with Gasteiger partial charge in [0.1, 0.15) is 0 Å². The fourth-order valence-corrected chi connectivity index (χ4v) is 3.08. The molecule has 1 saturated heterocycles. The van der Waals surface area contributed by atoms with Gasteiger partial charge in [-0.1, -0.05) is 31.9 Å². The lowest BCUT2D eigenvalue weighted by molar-refractivity contribution is -0.122. The lowest BCUT2D eigenvalue weighted by Gasteiger charge is -2.22. The van der Waals surface area contributed by atoms with Gasteiger partial charge in [-0.15, -0.1) is 0 Å². The van der Waals surface area contributed by atoms with Crippen LogP contribution in [0.15, 0.2) is 24.3 Å². The number of carbonyl (C=O) groups excluding carboxylic acids is 2. The molecule has 1 aliphatic rings. The van der Waals surface area contributed by atoms with Crippen molar-refractivity contribution in [3.63, 3.8) is 0 Å². The third-order valence-corrected chi connectivity index (χ3v) is 4.30. The number of amides is 2. The zero-order valence-electron chi connectivity index (χ0n) is 13.9. The molecule has 0 aromatic heterocycles. The van der Waals surface area contributed by atoms with Gasteiger partial charge in [-0.3, -0.25) is 14.5 Å². The van der Waals surface area contributed by atoms with Crippen molar-refractivity contribution in [3.8, 4) is 0 Å². The number of benzene rings is 1. The van der Waals surface area contributed by atoms with E-state index < -0.39 is 0 Å². The van der Waals surface area contributed by atoms with Crippen molar-refractivity contribution in [2.24, 2.45) is 5.73 Å². The van der Waals surface area contributed by atoms with Crippen LogP contribution in [0.5, 0.6) is 0 Å². The van der Waals surface area contributed by atoms with E-state index in [2.05, 4.69) is 17.1 Å². The molecule has 0 spiro atoms. The summed E-state index contributed by atoms with van der Waals surface area (Å²) in [6, 6.07) is 7.67. The number of nitrogens with one attached hydrogen (secondary N) is 1. The molecule has 5 nitrogen and oxygen atoms in total. The van der Waals surface area contributed by atoms with Crippen molar-refractivity contribution in [1.82, 2.24) is 4.90 Å². The average molecular weight is 317 g/mol. The molecule has 3 N–H and O–H groups in total. The molecule has 5 heteroatoms. The molecule has 0 unspecified atom stereocenters. The molecule has 126 valence electrons. The number of primary amides is 1. The Morgan fingerprint density at radius 2 is 2.17 bits per heavy atom. The topological polar surface area (TPSA) is 75.4 Å². The molecule has 2 amide bonds. The number of anilines is 1. The van der Waals surface area contributed by atoms with Gasteiger partial charge in [0.25, 0.3) is 0 Å². The lowest BCUT2D eigenvalue weighted by Crippen LogP contribution is -2.39. The number of unbranched alkanes of at least 4 members (excludes halogenated alkanes) is 2. The van der Waals surface area contributed by atoms with Crippen LogP contribution in [0.1, 0.15) is 51.0 Å². The van der Waals surface area contributed by atoms with E-state index in [0.29, 0.717) is 13.0 Å². The van der Waals surface area contributed by atoms with Crippen LogP contribution in [0, 0.1) is 0 Å². The molecule has 1 aliphatic heterocycles. The highest BCUT2D eigenvalue weighted by Crippen LogP contribution is 2.21. The maximum atomic E-state index is 11.9. The fraction of sp³-hybridized carbons (Fsp3) is 0.556. The van der Waals surface area contributed by atoms with Crippen LogP contribution in [-0.4, -0.2) is 29.3 Å². The third kappa shape index (κ3) is 5.36. The molecule has 0 saturated carbocycles. The molecule has 1 aromatic carbocycles. The van der Waals surface area contributed by atoms with Crippen LogP contribution >= 0.6 is 0 Å². The van der Waals surface area contributed by atoms with E-state index in [1.165, 1.54) is 0 Å². The highest BCUT2D eigenvalue weighted by atomic mass is 16.2. The first-order valence-corrected chi connectivity index (χ1v) is 8.52. The normalized spacial score (nSPS) is 18.0. The Balaban J connectivity index is 1.92. The quantitative estimate of drug-likeness (QED) is 0.724. The van der Waals surface area contributed by atoms with Gasteiger partial charge in [0, 0.05) is 18.7 Å². The Labute approximate surface area is 138 Å². The summed E-state index contributed by atoms with van der Waals surface area (Å²) in [5, 5.41) is 2.95. The number of hydrogen-bond donors (Lipinski definition) is 2. The number of nitrogens with zero attached hydrogens (tertiary/aromatic N) is 1. The first-order valence-electron chi connectivity index (χ1n) is 8.52. The minimum Gasteiger partial charge on any atom is -0.368 e. The molecular weight excluding hydrogens is 290 g/mol. The minimum absolute atomic E-state index is 0.0618. The smallest absolute Gasteiger partial charge is 0.234 e. The second-order valence-corrected chi connectivity index (χ2v) is 6.24. The van der Waals surface area contributed by atoms with Crippen molar-refractivity contribution in [2.75, 3.05) is 11.9 Å². The molecule has 1 aromatic rings. The van der Waals surface area contributed by atoms with Crippen LogP contribution in [0.4, 0.5) is 5.69 Å². The number of rotatable bonds is 8. The predicted octanol–water partition coefficient (Wildman–Crippen LogP) is 2.66. The summed E-state index contributed by atoms with van der Waals surface area (Å²) in [5.41, 5.74) is 7.36. The van der Waals surface area contributed by atoms with Crippen LogP contribution < -0.4 is 11.1 Å². The zero-order valence-corrected chi connectivity index (χ0v) is 13.9. The Bertz CT molecular complexity index is 545. The van der Waals surface area contributed by atoms with Crippen LogP contribution in [0.25, 0.3) is 0 Å². The molecule has 1 fully saturated rings. The van der Waals surface area contributed by atoms with E-state index in [4.69, 9.17) is 5.73 Å². The van der Waals surface area contributed by atoms with Crippen molar-refractivity contribution in [1.29, 1.82) is 0 Å². The highest BCUT2D eigenvalue weighted by Gasteiger charge is 2.28. The van der Waals surface area contributed by atoms with Crippen molar-refractivity contribution in [2.45, 2.75) is 58.0 Å². The summed E-state index contributed by atoms with van der Waals surface area (Å²) in [6.07, 6.45) is 5.52. The maximum absolute atomic E-state index is 11.9. The summed E-state index contributed by atoms with van der Waals surface area (Å²) < 4.78 is 0. The Morgan fingerprint density at radius 3 is 2.91 bits per heavy atom. The van der Waals surface area contributed by atoms with Crippen LogP contribution in [0.3, 0.4) is 0 Å². The third-order valence-electron chi connectivity index (χ3n) is 4.30. The summed E-state index contributed by atoms with van der Waals surface area (Å²) >= 11 is 0.